The highest BCUT2D eigenvalue weighted by Crippen LogP contribution is 2.30. The number of ether oxygens (including phenoxy) is 1. The molecule has 0 aliphatic rings. The van der Waals surface area contributed by atoms with Crippen molar-refractivity contribution in [1.82, 2.24) is 0 Å². The van der Waals surface area contributed by atoms with Gasteiger partial charge < -0.3 is 4.74 Å². The van der Waals surface area contributed by atoms with E-state index in [0.29, 0.717) is 5.92 Å². The standard InChI is InChI=1S/C12H22O/c1-6-8-10-12(13-5,9-7-2)11(3)4/h6-7,11H,1-2,8-10H2,3-5H3/t12-/m0/s1. The lowest BCUT2D eigenvalue weighted by atomic mass is 9.83. The molecule has 1 atom stereocenters. The molecule has 0 saturated heterocycles. The third kappa shape index (κ3) is 3.35. The number of allylic oxidation sites excluding steroid dienone is 1. The summed E-state index contributed by atoms with van der Waals surface area (Å²) in [5, 5.41) is 0. The largest absolute Gasteiger partial charge is 0.378 e. The first-order chi connectivity index (χ1) is 6.13. The van der Waals surface area contributed by atoms with Crippen molar-refractivity contribution in [2.75, 3.05) is 7.11 Å². The fourth-order valence-corrected chi connectivity index (χ4v) is 1.64. The average molecular weight is 182 g/mol. The summed E-state index contributed by atoms with van der Waals surface area (Å²) in [6, 6.07) is 0. The highest BCUT2D eigenvalue weighted by atomic mass is 16.5. The van der Waals surface area contributed by atoms with E-state index < -0.39 is 0 Å². The molecule has 0 radical (unpaired) electrons. The van der Waals surface area contributed by atoms with Crippen molar-refractivity contribution < 1.29 is 4.74 Å². The van der Waals surface area contributed by atoms with Gasteiger partial charge >= 0.3 is 0 Å². The summed E-state index contributed by atoms with van der Waals surface area (Å²) in [5.41, 5.74) is -0.0457. The van der Waals surface area contributed by atoms with E-state index in [9.17, 15) is 0 Å². The average Bonchev–Trinajstić information content (AvgIpc) is 2.12. The zero-order chi connectivity index (χ0) is 10.3. The molecule has 0 bridgehead atoms. The summed E-state index contributed by atoms with van der Waals surface area (Å²) in [6.45, 7) is 11.9. The summed E-state index contributed by atoms with van der Waals surface area (Å²) in [5.74, 6) is 0.510. The molecular formula is C12H22O. The minimum absolute atomic E-state index is 0.0457. The molecule has 1 heteroatoms. The third-order valence-corrected chi connectivity index (χ3v) is 2.72. The fourth-order valence-electron chi connectivity index (χ4n) is 1.64. The van der Waals surface area contributed by atoms with Crippen LogP contribution in [0.25, 0.3) is 0 Å². The van der Waals surface area contributed by atoms with Gasteiger partial charge in [-0.2, -0.15) is 0 Å². The second kappa shape index (κ2) is 5.98. The van der Waals surface area contributed by atoms with Crippen LogP contribution in [-0.2, 0) is 4.74 Å². The van der Waals surface area contributed by atoms with Crippen LogP contribution in [0.4, 0.5) is 0 Å². The third-order valence-electron chi connectivity index (χ3n) is 2.72. The van der Waals surface area contributed by atoms with E-state index in [1.54, 1.807) is 7.11 Å². The minimum Gasteiger partial charge on any atom is -0.378 e. The summed E-state index contributed by atoms with van der Waals surface area (Å²) in [4.78, 5) is 0. The lowest BCUT2D eigenvalue weighted by molar-refractivity contribution is -0.0511. The van der Waals surface area contributed by atoms with Crippen molar-refractivity contribution in [2.45, 2.75) is 38.7 Å². The second-order valence-corrected chi connectivity index (χ2v) is 3.74. The van der Waals surface area contributed by atoms with Gasteiger partial charge in [0.25, 0.3) is 0 Å². The molecule has 0 aromatic heterocycles. The van der Waals surface area contributed by atoms with Crippen molar-refractivity contribution in [3.8, 4) is 0 Å². The van der Waals surface area contributed by atoms with E-state index in [1.807, 2.05) is 12.2 Å². The molecule has 0 spiro atoms. The Morgan fingerprint density at radius 2 is 1.92 bits per heavy atom. The maximum atomic E-state index is 5.62. The zero-order valence-corrected chi connectivity index (χ0v) is 9.18. The molecule has 0 fully saturated rings. The summed E-state index contributed by atoms with van der Waals surface area (Å²) < 4.78 is 5.62. The molecule has 0 amide bonds. The van der Waals surface area contributed by atoms with Crippen LogP contribution in [0.15, 0.2) is 25.3 Å². The Balaban J connectivity index is 4.42. The molecule has 76 valence electrons. The Hall–Kier alpha value is -0.560. The maximum absolute atomic E-state index is 5.62. The Bertz CT molecular complexity index is 161. The van der Waals surface area contributed by atoms with Crippen molar-refractivity contribution in [1.29, 1.82) is 0 Å². The number of hydrogen-bond donors (Lipinski definition) is 0. The van der Waals surface area contributed by atoms with Gasteiger partial charge in [-0.15, -0.1) is 13.2 Å². The van der Waals surface area contributed by atoms with Gasteiger partial charge in [0.15, 0.2) is 0 Å². The van der Waals surface area contributed by atoms with Crippen molar-refractivity contribution in [3.05, 3.63) is 25.3 Å². The van der Waals surface area contributed by atoms with Crippen LogP contribution in [0, 0.1) is 5.92 Å². The summed E-state index contributed by atoms with van der Waals surface area (Å²) in [6.07, 6.45) is 6.82. The molecule has 0 N–H and O–H groups in total. The predicted molar refractivity (Wildman–Crippen MR) is 58.8 cm³/mol. The molecule has 0 unspecified atom stereocenters. The van der Waals surface area contributed by atoms with Crippen LogP contribution in [0.3, 0.4) is 0 Å². The van der Waals surface area contributed by atoms with E-state index in [-0.39, 0.29) is 5.60 Å². The van der Waals surface area contributed by atoms with Crippen molar-refractivity contribution in [3.63, 3.8) is 0 Å². The monoisotopic (exact) mass is 182 g/mol. The first-order valence-electron chi connectivity index (χ1n) is 4.90. The number of methoxy groups -OCH3 is 1. The Morgan fingerprint density at radius 3 is 2.23 bits per heavy atom. The van der Waals surface area contributed by atoms with E-state index >= 15 is 0 Å². The summed E-state index contributed by atoms with van der Waals surface area (Å²) in [7, 11) is 1.78. The van der Waals surface area contributed by atoms with E-state index in [4.69, 9.17) is 4.74 Å². The second-order valence-electron chi connectivity index (χ2n) is 3.74. The number of hydrogen-bond acceptors (Lipinski definition) is 1. The Kier molecular flexibility index (Phi) is 5.72. The lowest BCUT2D eigenvalue weighted by Gasteiger charge is -2.35. The maximum Gasteiger partial charge on any atom is 0.0738 e. The molecular weight excluding hydrogens is 160 g/mol. The molecule has 0 heterocycles. The van der Waals surface area contributed by atoms with Gasteiger partial charge in [-0.05, 0) is 25.2 Å². The molecule has 0 aromatic carbocycles. The van der Waals surface area contributed by atoms with Crippen LogP contribution in [-0.4, -0.2) is 12.7 Å². The lowest BCUT2D eigenvalue weighted by Crippen LogP contribution is -2.36. The van der Waals surface area contributed by atoms with Crippen LogP contribution >= 0.6 is 0 Å². The minimum atomic E-state index is -0.0457. The normalized spacial score (nSPS) is 15.4. The molecule has 0 aromatic rings. The van der Waals surface area contributed by atoms with Gasteiger partial charge in [-0.25, -0.2) is 0 Å². The van der Waals surface area contributed by atoms with E-state index in [0.717, 1.165) is 19.3 Å². The fraction of sp³-hybridized carbons (Fsp3) is 0.667. The van der Waals surface area contributed by atoms with Gasteiger partial charge in [0.1, 0.15) is 0 Å². The molecule has 0 saturated carbocycles. The quantitative estimate of drug-likeness (QED) is 0.547. The van der Waals surface area contributed by atoms with Gasteiger partial charge in [0.05, 0.1) is 5.60 Å². The Morgan fingerprint density at radius 1 is 1.31 bits per heavy atom. The topological polar surface area (TPSA) is 9.23 Å². The van der Waals surface area contributed by atoms with Crippen LogP contribution in [0.5, 0.6) is 0 Å². The molecule has 0 rings (SSSR count). The van der Waals surface area contributed by atoms with Gasteiger partial charge in [0.2, 0.25) is 0 Å². The smallest absolute Gasteiger partial charge is 0.0738 e. The SMILES string of the molecule is C=CCC[C@](CC=C)(OC)C(C)C. The number of rotatable bonds is 7. The van der Waals surface area contributed by atoms with Gasteiger partial charge in [0, 0.05) is 7.11 Å². The highest BCUT2D eigenvalue weighted by molar-refractivity contribution is 4.92. The van der Waals surface area contributed by atoms with Crippen LogP contribution in [0.2, 0.25) is 0 Å². The van der Waals surface area contributed by atoms with Crippen molar-refractivity contribution in [2.24, 2.45) is 5.92 Å². The first kappa shape index (κ1) is 12.4. The summed E-state index contributed by atoms with van der Waals surface area (Å²) >= 11 is 0. The van der Waals surface area contributed by atoms with Crippen LogP contribution in [0.1, 0.15) is 33.1 Å². The van der Waals surface area contributed by atoms with Gasteiger partial charge in [-0.3, -0.25) is 0 Å². The Labute approximate surface area is 82.5 Å². The zero-order valence-electron chi connectivity index (χ0n) is 9.18. The molecule has 1 nitrogen and oxygen atoms in total. The predicted octanol–water partition coefficient (Wildman–Crippen LogP) is 3.57. The first-order valence-corrected chi connectivity index (χ1v) is 4.90. The van der Waals surface area contributed by atoms with E-state index in [2.05, 4.69) is 27.0 Å². The molecule has 0 aliphatic carbocycles. The van der Waals surface area contributed by atoms with Crippen molar-refractivity contribution >= 4 is 0 Å². The molecule has 13 heavy (non-hydrogen) atoms. The van der Waals surface area contributed by atoms with E-state index in [1.165, 1.54) is 0 Å². The van der Waals surface area contributed by atoms with Crippen LogP contribution < -0.4 is 0 Å². The molecule has 0 aliphatic heterocycles. The van der Waals surface area contributed by atoms with Gasteiger partial charge in [-0.1, -0.05) is 26.0 Å². The highest BCUT2D eigenvalue weighted by Gasteiger charge is 2.31.